The largest absolute Gasteiger partial charge is 0.504 e. The molecule has 0 amide bonds. The molecule has 0 bridgehead atoms. The Morgan fingerprint density at radius 3 is 2.76 bits per heavy atom. The molecule has 29 heavy (non-hydrogen) atoms. The molecule has 0 fully saturated rings. The lowest BCUT2D eigenvalue weighted by Crippen LogP contribution is -1.92. The summed E-state index contributed by atoms with van der Waals surface area (Å²) < 4.78 is 5.42. The van der Waals surface area contributed by atoms with Crippen LogP contribution in [0.15, 0.2) is 66.0 Å². The Hall–Kier alpha value is -3.62. The van der Waals surface area contributed by atoms with Gasteiger partial charge >= 0.3 is 0 Å². The van der Waals surface area contributed by atoms with Gasteiger partial charge in [-0.1, -0.05) is 42.5 Å². The lowest BCUT2D eigenvalue weighted by atomic mass is 10.1. The molecule has 1 N–H and O–H groups in total. The van der Waals surface area contributed by atoms with Crippen molar-refractivity contribution < 1.29 is 9.84 Å². The first-order chi connectivity index (χ1) is 14.2. The van der Waals surface area contributed by atoms with Crippen molar-refractivity contribution >= 4 is 33.8 Å². The lowest BCUT2D eigenvalue weighted by molar-refractivity contribution is 0.318. The van der Waals surface area contributed by atoms with Crippen LogP contribution in [-0.2, 0) is 0 Å². The zero-order valence-corrected chi connectivity index (χ0v) is 16.6. The van der Waals surface area contributed by atoms with E-state index in [1.54, 1.807) is 24.3 Å². The van der Waals surface area contributed by atoms with Crippen LogP contribution in [0.4, 0.5) is 0 Å². The van der Waals surface area contributed by atoms with Crippen LogP contribution in [-0.4, -0.2) is 16.7 Å². The lowest BCUT2D eigenvalue weighted by Gasteiger charge is -2.06. The third-order valence-electron chi connectivity index (χ3n) is 4.49. The minimum atomic E-state index is 0.0790. The molecule has 0 atom stereocenters. The van der Waals surface area contributed by atoms with Crippen LogP contribution in [0.25, 0.3) is 33.7 Å². The first-order valence-corrected chi connectivity index (χ1v) is 10.1. The van der Waals surface area contributed by atoms with E-state index in [1.165, 1.54) is 16.7 Å². The molecule has 0 aliphatic rings. The van der Waals surface area contributed by atoms with E-state index < -0.39 is 0 Å². The van der Waals surface area contributed by atoms with Crippen molar-refractivity contribution in [2.45, 2.75) is 6.92 Å². The molecule has 0 saturated heterocycles. The van der Waals surface area contributed by atoms with Gasteiger partial charge in [-0.3, -0.25) is 0 Å². The van der Waals surface area contributed by atoms with E-state index in [4.69, 9.17) is 4.74 Å². The van der Waals surface area contributed by atoms with Gasteiger partial charge in [0, 0.05) is 10.9 Å². The Kier molecular flexibility index (Phi) is 5.28. The number of allylic oxidation sites excluding steroid dienone is 1. The Bertz CT molecular complexity index is 1250. The maximum atomic E-state index is 9.86. The first-order valence-electron chi connectivity index (χ1n) is 9.20. The fourth-order valence-electron chi connectivity index (χ4n) is 3.08. The van der Waals surface area contributed by atoms with Crippen LogP contribution in [0, 0.1) is 11.3 Å². The second-order valence-corrected chi connectivity index (χ2v) is 7.29. The summed E-state index contributed by atoms with van der Waals surface area (Å²) in [6.45, 7) is 2.31. The summed E-state index contributed by atoms with van der Waals surface area (Å²) in [5, 5.41) is 24.5. The van der Waals surface area contributed by atoms with E-state index in [1.807, 2.05) is 30.5 Å². The first kappa shape index (κ1) is 18.7. The Morgan fingerprint density at radius 2 is 1.97 bits per heavy atom. The number of hydrogen-bond acceptors (Lipinski definition) is 5. The number of thiazole rings is 1. The predicted octanol–water partition coefficient (Wildman–Crippen LogP) is 6.13. The number of rotatable bonds is 5. The van der Waals surface area contributed by atoms with Gasteiger partial charge in [0.2, 0.25) is 0 Å². The Morgan fingerprint density at radius 1 is 1.14 bits per heavy atom. The molecule has 1 heterocycles. The van der Waals surface area contributed by atoms with Crippen molar-refractivity contribution in [3.8, 4) is 28.8 Å². The minimum Gasteiger partial charge on any atom is -0.504 e. The summed E-state index contributed by atoms with van der Waals surface area (Å²) in [5.74, 6) is 0.477. The Labute approximate surface area is 173 Å². The van der Waals surface area contributed by atoms with Gasteiger partial charge in [-0.15, -0.1) is 11.3 Å². The second-order valence-electron chi connectivity index (χ2n) is 6.43. The van der Waals surface area contributed by atoms with E-state index in [9.17, 15) is 10.4 Å². The molecule has 5 heteroatoms. The number of aromatic nitrogens is 1. The number of nitriles is 1. The van der Waals surface area contributed by atoms with Crippen LogP contribution in [0.3, 0.4) is 0 Å². The van der Waals surface area contributed by atoms with Gasteiger partial charge in [0.25, 0.3) is 0 Å². The van der Waals surface area contributed by atoms with Crippen molar-refractivity contribution in [3.05, 3.63) is 76.6 Å². The number of benzene rings is 3. The summed E-state index contributed by atoms with van der Waals surface area (Å²) in [6, 6.07) is 21.7. The molecule has 0 saturated carbocycles. The van der Waals surface area contributed by atoms with Gasteiger partial charge in [-0.05, 0) is 47.5 Å². The highest BCUT2D eigenvalue weighted by molar-refractivity contribution is 7.11. The van der Waals surface area contributed by atoms with Crippen molar-refractivity contribution in [2.75, 3.05) is 6.61 Å². The fourth-order valence-corrected chi connectivity index (χ4v) is 3.87. The zero-order valence-electron chi connectivity index (χ0n) is 15.8. The maximum absolute atomic E-state index is 9.86. The van der Waals surface area contributed by atoms with Crippen LogP contribution >= 0.6 is 11.3 Å². The van der Waals surface area contributed by atoms with E-state index >= 15 is 0 Å². The SMILES string of the molecule is CCOc1cc(/C=C(\C#N)c2nc(-c3ccc4ccccc4c3)cs2)ccc1O. The molecule has 1 aromatic heterocycles. The predicted molar refractivity (Wildman–Crippen MR) is 118 cm³/mol. The highest BCUT2D eigenvalue weighted by Crippen LogP contribution is 2.31. The molecule has 142 valence electrons. The van der Waals surface area contributed by atoms with Crippen LogP contribution in [0.5, 0.6) is 11.5 Å². The van der Waals surface area contributed by atoms with Crippen molar-refractivity contribution in [1.29, 1.82) is 5.26 Å². The van der Waals surface area contributed by atoms with Gasteiger partial charge in [-0.2, -0.15) is 5.26 Å². The topological polar surface area (TPSA) is 66.1 Å². The van der Waals surface area contributed by atoms with Crippen LogP contribution < -0.4 is 4.74 Å². The zero-order chi connectivity index (χ0) is 20.2. The van der Waals surface area contributed by atoms with Crippen molar-refractivity contribution in [3.63, 3.8) is 0 Å². The third kappa shape index (κ3) is 3.98. The fraction of sp³-hybridized carbons (Fsp3) is 0.0833. The second kappa shape index (κ2) is 8.17. The number of fused-ring (bicyclic) bond motifs is 1. The van der Waals surface area contributed by atoms with Gasteiger partial charge in [0.1, 0.15) is 11.1 Å². The maximum Gasteiger partial charge on any atom is 0.161 e. The average Bonchev–Trinajstić information content (AvgIpc) is 3.24. The van der Waals surface area contributed by atoms with Gasteiger partial charge in [0.15, 0.2) is 11.5 Å². The molecule has 4 aromatic rings. The molecule has 4 rings (SSSR count). The number of phenolic OH excluding ortho intramolecular Hbond substituents is 1. The average molecular weight is 398 g/mol. The number of nitrogens with zero attached hydrogens (tertiary/aromatic N) is 2. The molecule has 0 radical (unpaired) electrons. The summed E-state index contributed by atoms with van der Waals surface area (Å²) in [7, 11) is 0. The standard InChI is InChI=1S/C24H18N2O2S/c1-2-28-23-12-16(7-10-22(23)27)11-20(14-25)24-26-21(15-29-24)19-9-8-17-5-3-4-6-18(17)13-19/h3-13,15,27H,2H2,1H3/b20-11+. The molecule has 0 spiro atoms. The van der Waals surface area contributed by atoms with Gasteiger partial charge in [-0.25, -0.2) is 4.98 Å². The molecule has 0 unspecified atom stereocenters. The minimum absolute atomic E-state index is 0.0790. The number of aromatic hydroxyl groups is 1. The van der Waals surface area contributed by atoms with E-state index in [2.05, 4.69) is 35.3 Å². The highest BCUT2D eigenvalue weighted by Gasteiger charge is 2.11. The van der Waals surface area contributed by atoms with Gasteiger partial charge in [0.05, 0.1) is 17.9 Å². The molecule has 3 aromatic carbocycles. The van der Waals surface area contributed by atoms with Crippen LogP contribution in [0.1, 0.15) is 17.5 Å². The summed E-state index contributed by atoms with van der Waals surface area (Å²) in [5.41, 5.74) is 3.10. The number of hydrogen-bond donors (Lipinski definition) is 1. The van der Waals surface area contributed by atoms with Crippen LogP contribution in [0.2, 0.25) is 0 Å². The highest BCUT2D eigenvalue weighted by atomic mass is 32.1. The number of ether oxygens (including phenoxy) is 1. The van der Waals surface area contributed by atoms with E-state index in [0.717, 1.165) is 22.2 Å². The van der Waals surface area contributed by atoms with E-state index in [0.29, 0.717) is 22.9 Å². The molecular formula is C24H18N2O2S. The third-order valence-corrected chi connectivity index (χ3v) is 5.37. The summed E-state index contributed by atoms with van der Waals surface area (Å²) in [6.07, 6.45) is 1.75. The molecule has 4 nitrogen and oxygen atoms in total. The number of phenols is 1. The van der Waals surface area contributed by atoms with Gasteiger partial charge < -0.3 is 9.84 Å². The normalized spacial score (nSPS) is 11.4. The monoisotopic (exact) mass is 398 g/mol. The smallest absolute Gasteiger partial charge is 0.161 e. The van der Waals surface area contributed by atoms with E-state index in [-0.39, 0.29) is 5.75 Å². The molecule has 0 aliphatic carbocycles. The Balaban J connectivity index is 1.67. The quantitative estimate of drug-likeness (QED) is 0.411. The summed E-state index contributed by atoms with van der Waals surface area (Å²) in [4.78, 5) is 4.68. The molecular weight excluding hydrogens is 380 g/mol. The van der Waals surface area contributed by atoms with Crippen molar-refractivity contribution in [2.24, 2.45) is 0 Å². The van der Waals surface area contributed by atoms with Crippen molar-refractivity contribution in [1.82, 2.24) is 4.98 Å². The molecule has 0 aliphatic heterocycles. The summed E-state index contributed by atoms with van der Waals surface area (Å²) >= 11 is 1.44.